The van der Waals surface area contributed by atoms with Crippen LogP contribution in [0.2, 0.25) is 5.02 Å². The number of hydrogen-bond donors (Lipinski definition) is 1. The fraction of sp³-hybridized carbons (Fsp3) is 0. The highest BCUT2D eigenvalue weighted by molar-refractivity contribution is 14.1. The van der Waals surface area contributed by atoms with E-state index in [9.17, 15) is 4.79 Å². The van der Waals surface area contributed by atoms with Gasteiger partial charge >= 0.3 is 0 Å². The molecular weight excluding hydrogens is 373 g/mol. The number of nitrogens with one attached hydrogen (secondary N) is 1. The molecule has 2 nitrogen and oxygen atoms in total. The van der Waals surface area contributed by atoms with Crippen LogP contribution in [-0.4, -0.2) is 10.8 Å². The van der Waals surface area contributed by atoms with Gasteiger partial charge in [0.05, 0.1) is 0 Å². The number of benzene rings is 2. The Bertz CT molecular complexity index is 779. The topological polar surface area (TPSA) is 32.9 Å². The third-order valence-electron chi connectivity index (χ3n) is 2.98. The van der Waals surface area contributed by atoms with Gasteiger partial charge in [-0.15, -0.1) is 0 Å². The van der Waals surface area contributed by atoms with Crippen molar-refractivity contribution in [3.63, 3.8) is 0 Å². The highest BCUT2D eigenvalue weighted by Crippen LogP contribution is 2.24. The van der Waals surface area contributed by atoms with Gasteiger partial charge in [0.25, 0.3) is 0 Å². The molecule has 0 saturated carbocycles. The van der Waals surface area contributed by atoms with Crippen molar-refractivity contribution in [1.82, 2.24) is 4.98 Å². The Labute approximate surface area is 128 Å². The molecule has 1 heterocycles. The molecule has 0 atom stereocenters. The summed E-state index contributed by atoms with van der Waals surface area (Å²) in [6.07, 6.45) is 1.74. The molecule has 0 aliphatic carbocycles. The van der Waals surface area contributed by atoms with Crippen LogP contribution in [0.25, 0.3) is 10.9 Å². The van der Waals surface area contributed by atoms with Crippen LogP contribution in [0.3, 0.4) is 0 Å². The first kappa shape index (κ1) is 12.7. The molecule has 1 N–H and O–H groups in total. The average molecular weight is 382 g/mol. The summed E-state index contributed by atoms with van der Waals surface area (Å²) < 4.78 is 1.04. The van der Waals surface area contributed by atoms with Crippen molar-refractivity contribution in [2.45, 2.75) is 0 Å². The lowest BCUT2D eigenvalue weighted by Crippen LogP contribution is -2.00. The van der Waals surface area contributed by atoms with E-state index in [0.29, 0.717) is 16.1 Å². The van der Waals surface area contributed by atoms with Gasteiger partial charge in [-0.1, -0.05) is 23.7 Å². The summed E-state index contributed by atoms with van der Waals surface area (Å²) in [6, 6.07) is 13.1. The lowest BCUT2D eigenvalue weighted by Gasteiger charge is -2.01. The molecule has 2 aromatic carbocycles. The first-order valence-electron chi connectivity index (χ1n) is 5.72. The predicted octanol–water partition coefficient (Wildman–Crippen LogP) is 4.66. The van der Waals surface area contributed by atoms with Gasteiger partial charge < -0.3 is 4.98 Å². The minimum atomic E-state index is 0.00651. The third kappa shape index (κ3) is 2.40. The van der Waals surface area contributed by atoms with E-state index >= 15 is 0 Å². The van der Waals surface area contributed by atoms with Gasteiger partial charge in [-0.05, 0) is 52.9 Å². The Balaban J connectivity index is 2.14. The zero-order valence-corrected chi connectivity index (χ0v) is 12.7. The molecule has 4 heteroatoms. The van der Waals surface area contributed by atoms with E-state index in [0.717, 1.165) is 14.5 Å². The average Bonchev–Trinajstić information content (AvgIpc) is 2.80. The van der Waals surface area contributed by atoms with Crippen LogP contribution >= 0.6 is 34.2 Å². The molecule has 0 amide bonds. The van der Waals surface area contributed by atoms with E-state index in [1.165, 1.54) is 0 Å². The van der Waals surface area contributed by atoms with Crippen LogP contribution < -0.4 is 0 Å². The summed E-state index contributed by atoms with van der Waals surface area (Å²) in [4.78, 5) is 15.6. The molecule has 0 aliphatic heterocycles. The second kappa shape index (κ2) is 4.98. The summed E-state index contributed by atoms with van der Waals surface area (Å²) in [5.74, 6) is 0.00651. The lowest BCUT2D eigenvalue weighted by atomic mass is 10.0. The Hall–Kier alpha value is -1.33. The molecule has 0 aliphatic rings. The number of aromatic nitrogens is 1. The van der Waals surface area contributed by atoms with Crippen LogP contribution in [0, 0.1) is 3.57 Å². The Morgan fingerprint density at radius 2 is 2.00 bits per heavy atom. The Morgan fingerprint density at radius 3 is 2.79 bits per heavy atom. The first-order chi connectivity index (χ1) is 9.15. The van der Waals surface area contributed by atoms with Crippen LogP contribution in [0.15, 0.2) is 48.7 Å². The number of hydrogen-bond acceptors (Lipinski definition) is 1. The Kier molecular flexibility index (Phi) is 3.33. The molecule has 0 saturated heterocycles. The molecule has 0 unspecified atom stereocenters. The van der Waals surface area contributed by atoms with Crippen molar-refractivity contribution >= 4 is 50.9 Å². The standard InChI is InChI=1S/C15H9ClINO/c16-10-4-5-14-12(7-10)13(8-18-14)15(19)9-2-1-3-11(17)6-9/h1-8,18H. The lowest BCUT2D eigenvalue weighted by molar-refractivity contribution is 0.104. The van der Waals surface area contributed by atoms with E-state index in [1.807, 2.05) is 36.4 Å². The third-order valence-corrected chi connectivity index (χ3v) is 3.88. The predicted molar refractivity (Wildman–Crippen MR) is 85.9 cm³/mol. The van der Waals surface area contributed by atoms with Crippen molar-refractivity contribution in [3.8, 4) is 0 Å². The van der Waals surface area contributed by atoms with Crippen molar-refractivity contribution in [2.24, 2.45) is 0 Å². The number of ketones is 1. The Morgan fingerprint density at radius 1 is 1.16 bits per heavy atom. The van der Waals surface area contributed by atoms with E-state index in [2.05, 4.69) is 27.6 Å². The molecule has 0 radical (unpaired) electrons. The monoisotopic (exact) mass is 381 g/mol. The molecule has 19 heavy (non-hydrogen) atoms. The number of H-pyrrole nitrogens is 1. The van der Waals surface area contributed by atoms with Crippen molar-refractivity contribution < 1.29 is 4.79 Å². The largest absolute Gasteiger partial charge is 0.360 e. The molecule has 0 bridgehead atoms. The van der Waals surface area contributed by atoms with Crippen molar-refractivity contribution in [2.75, 3.05) is 0 Å². The number of fused-ring (bicyclic) bond motifs is 1. The van der Waals surface area contributed by atoms with Gasteiger partial charge in [-0.3, -0.25) is 4.79 Å². The summed E-state index contributed by atoms with van der Waals surface area (Å²) in [5.41, 5.74) is 2.26. The molecule has 3 rings (SSSR count). The van der Waals surface area contributed by atoms with E-state index < -0.39 is 0 Å². The van der Waals surface area contributed by atoms with Crippen molar-refractivity contribution in [1.29, 1.82) is 0 Å². The number of carbonyl (C=O) groups is 1. The van der Waals surface area contributed by atoms with E-state index in [4.69, 9.17) is 11.6 Å². The smallest absolute Gasteiger partial charge is 0.195 e. The fourth-order valence-electron chi connectivity index (χ4n) is 2.07. The number of rotatable bonds is 2. The van der Waals surface area contributed by atoms with Crippen LogP contribution in [0.4, 0.5) is 0 Å². The minimum absolute atomic E-state index is 0.00651. The molecular formula is C15H9ClINO. The maximum atomic E-state index is 12.5. The van der Waals surface area contributed by atoms with Gasteiger partial charge in [0.2, 0.25) is 0 Å². The summed E-state index contributed by atoms with van der Waals surface area (Å²) in [5, 5.41) is 1.49. The number of halogens is 2. The molecule has 0 fully saturated rings. The number of aromatic amines is 1. The molecule has 0 spiro atoms. The number of carbonyl (C=O) groups excluding carboxylic acids is 1. The minimum Gasteiger partial charge on any atom is -0.360 e. The summed E-state index contributed by atoms with van der Waals surface area (Å²) in [6.45, 7) is 0. The normalized spacial score (nSPS) is 10.8. The quantitative estimate of drug-likeness (QED) is 0.508. The highest BCUT2D eigenvalue weighted by atomic mass is 127. The zero-order valence-electron chi connectivity index (χ0n) is 9.78. The van der Waals surface area contributed by atoms with Crippen LogP contribution in [-0.2, 0) is 0 Å². The second-order valence-corrected chi connectivity index (χ2v) is 5.91. The van der Waals surface area contributed by atoms with Crippen LogP contribution in [0.5, 0.6) is 0 Å². The summed E-state index contributed by atoms with van der Waals surface area (Å²) >= 11 is 8.20. The van der Waals surface area contributed by atoms with E-state index in [1.54, 1.807) is 12.3 Å². The maximum Gasteiger partial charge on any atom is 0.195 e. The summed E-state index contributed by atoms with van der Waals surface area (Å²) in [7, 11) is 0. The SMILES string of the molecule is O=C(c1cccc(I)c1)c1c[nH]c2ccc(Cl)cc12. The fourth-order valence-corrected chi connectivity index (χ4v) is 2.78. The van der Waals surface area contributed by atoms with Gasteiger partial charge in [0.15, 0.2) is 5.78 Å². The zero-order chi connectivity index (χ0) is 13.4. The van der Waals surface area contributed by atoms with Gasteiger partial charge in [0.1, 0.15) is 0 Å². The first-order valence-corrected chi connectivity index (χ1v) is 7.18. The molecule has 94 valence electrons. The van der Waals surface area contributed by atoms with Gasteiger partial charge in [-0.25, -0.2) is 0 Å². The highest BCUT2D eigenvalue weighted by Gasteiger charge is 2.14. The van der Waals surface area contributed by atoms with Crippen LogP contribution in [0.1, 0.15) is 15.9 Å². The second-order valence-electron chi connectivity index (χ2n) is 4.23. The van der Waals surface area contributed by atoms with E-state index in [-0.39, 0.29) is 5.78 Å². The molecule has 1 aromatic heterocycles. The van der Waals surface area contributed by atoms with Gasteiger partial charge in [0, 0.05) is 36.8 Å². The molecule has 3 aromatic rings. The van der Waals surface area contributed by atoms with Crippen molar-refractivity contribution in [3.05, 3.63) is 68.4 Å². The van der Waals surface area contributed by atoms with Gasteiger partial charge in [-0.2, -0.15) is 0 Å². The maximum absolute atomic E-state index is 12.5.